The van der Waals surface area contributed by atoms with E-state index in [0.29, 0.717) is 10.6 Å². The lowest BCUT2D eigenvalue weighted by atomic mass is 9.97. The third kappa shape index (κ3) is 3.72. The molecule has 1 aliphatic rings. The molecule has 0 radical (unpaired) electrons. The Kier molecular flexibility index (Phi) is 5.25. The van der Waals surface area contributed by atoms with E-state index in [-0.39, 0.29) is 5.91 Å². The average Bonchev–Trinajstić information content (AvgIpc) is 2.65. The van der Waals surface area contributed by atoms with Gasteiger partial charge in [-0.15, -0.1) is 11.3 Å². The van der Waals surface area contributed by atoms with Crippen LogP contribution in [0.3, 0.4) is 0 Å². The minimum absolute atomic E-state index is 0.359. The van der Waals surface area contributed by atoms with Gasteiger partial charge in [0, 0.05) is 4.88 Å². The van der Waals surface area contributed by atoms with Crippen LogP contribution < -0.4 is 11.5 Å². The van der Waals surface area contributed by atoms with Crippen LogP contribution in [0.1, 0.15) is 72.2 Å². The van der Waals surface area contributed by atoms with E-state index in [9.17, 15) is 4.79 Å². The Labute approximate surface area is 119 Å². The normalized spacial score (nSPS) is 18.1. The van der Waals surface area contributed by atoms with Gasteiger partial charge in [-0.3, -0.25) is 4.79 Å². The number of carbonyl (C=O) groups is 1. The molecule has 0 fully saturated rings. The van der Waals surface area contributed by atoms with Gasteiger partial charge in [0.05, 0.1) is 10.6 Å². The minimum atomic E-state index is -0.359. The summed E-state index contributed by atoms with van der Waals surface area (Å²) in [7, 11) is 0. The van der Waals surface area contributed by atoms with E-state index in [1.54, 1.807) is 11.3 Å². The minimum Gasteiger partial charge on any atom is -0.390 e. The molecule has 1 aromatic heterocycles. The van der Waals surface area contributed by atoms with Crippen molar-refractivity contribution in [2.24, 2.45) is 5.73 Å². The number of aryl methyl sites for hydroxylation is 1. The van der Waals surface area contributed by atoms with Crippen molar-refractivity contribution in [1.29, 1.82) is 0 Å². The molecular formula is C15H24N2OS. The topological polar surface area (TPSA) is 69.1 Å². The zero-order valence-corrected chi connectivity index (χ0v) is 12.4. The monoisotopic (exact) mass is 280 g/mol. The summed E-state index contributed by atoms with van der Waals surface area (Å²) in [5.74, 6) is -0.359. The van der Waals surface area contributed by atoms with Crippen molar-refractivity contribution in [3.05, 3.63) is 16.0 Å². The van der Waals surface area contributed by atoms with Crippen molar-refractivity contribution in [2.45, 2.75) is 64.2 Å². The van der Waals surface area contributed by atoms with Gasteiger partial charge in [-0.05, 0) is 31.2 Å². The Hall–Kier alpha value is -1.03. The molecular weight excluding hydrogens is 256 g/mol. The van der Waals surface area contributed by atoms with Crippen LogP contribution in [0.5, 0.6) is 0 Å². The largest absolute Gasteiger partial charge is 0.390 e. The first-order valence-electron chi connectivity index (χ1n) is 7.40. The van der Waals surface area contributed by atoms with E-state index in [1.165, 1.54) is 49.8 Å². The molecule has 3 nitrogen and oxygen atoms in total. The third-order valence-electron chi connectivity index (χ3n) is 3.94. The zero-order valence-electron chi connectivity index (χ0n) is 11.5. The van der Waals surface area contributed by atoms with Crippen molar-refractivity contribution in [3.63, 3.8) is 0 Å². The number of amides is 1. The van der Waals surface area contributed by atoms with Gasteiger partial charge in [0.15, 0.2) is 0 Å². The van der Waals surface area contributed by atoms with Gasteiger partial charge in [0.25, 0.3) is 5.91 Å². The highest BCUT2D eigenvalue weighted by atomic mass is 32.1. The first-order chi connectivity index (χ1) is 9.20. The molecule has 0 spiro atoms. The van der Waals surface area contributed by atoms with Crippen molar-refractivity contribution >= 4 is 22.2 Å². The molecule has 1 heterocycles. The number of rotatable bonds is 1. The smallest absolute Gasteiger partial charge is 0.251 e. The summed E-state index contributed by atoms with van der Waals surface area (Å²) < 4.78 is 0. The van der Waals surface area contributed by atoms with Gasteiger partial charge in [0.1, 0.15) is 0 Å². The number of hydrogen-bond donors (Lipinski definition) is 2. The van der Waals surface area contributed by atoms with Gasteiger partial charge in [-0.25, -0.2) is 0 Å². The van der Waals surface area contributed by atoms with E-state index < -0.39 is 0 Å². The Morgan fingerprint density at radius 3 is 2.00 bits per heavy atom. The maximum atomic E-state index is 11.6. The molecule has 0 saturated heterocycles. The van der Waals surface area contributed by atoms with E-state index in [2.05, 4.69) is 0 Å². The zero-order chi connectivity index (χ0) is 13.7. The lowest BCUT2D eigenvalue weighted by molar-refractivity contribution is 0.100. The molecule has 19 heavy (non-hydrogen) atoms. The van der Waals surface area contributed by atoms with E-state index in [0.717, 1.165) is 24.8 Å². The second-order valence-electron chi connectivity index (χ2n) is 5.44. The first kappa shape index (κ1) is 14.4. The Morgan fingerprint density at radius 2 is 1.42 bits per heavy atom. The van der Waals surface area contributed by atoms with Crippen LogP contribution in [0.25, 0.3) is 0 Å². The number of nitrogen functional groups attached to an aromatic ring is 1. The quantitative estimate of drug-likeness (QED) is 0.824. The molecule has 0 saturated carbocycles. The molecule has 1 amide bonds. The Balaban J connectivity index is 2.20. The van der Waals surface area contributed by atoms with E-state index in [1.807, 2.05) is 0 Å². The highest BCUT2D eigenvalue weighted by Crippen LogP contribution is 2.33. The molecule has 0 aliphatic heterocycles. The highest BCUT2D eigenvalue weighted by molar-refractivity contribution is 7.16. The second-order valence-corrected chi connectivity index (χ2v) is 6.57. The molecule has 2 rings (SSSR count). The van der Waals surface area contributed by atoms with Gasteiger partial charge in [-0.1, -0.05) is 38.5 Å². The molecule has 0 bridgehead atoms. The number of nitrogens with two attached hydrogens (primary N) is 2. The molecule has 4 N–H and O–H groups in total. The van der Waals surface area contributed by atoms with Crippen LogP contribution in [0.15, 0.2) is 0 Å². The van der Waals surface area contributed by atoms with Crippen LogP contribution >= 0.6 is 11.3 Å². The highest BCUT2D eigenvalue weighted by Gasteiger charge is 2.19. The van der Waals surface area contributed by atoms with Gasteiger partial charge < -0.3 is 11.5 Å². The summed E-state index contributed by atoms with van der Waals surface area (Å²) in [5, 5.41) is 0.618. The van der Waals surface area contributed by atoms with Gasteiger partial charge >= 0.3 is 0 Å². The summed E-state index contributed by atoms with van der Waals surface area (Å²) in [5.41, 5.74) is 13.2. The summed E-state index contributed by atoms with van der Waals surface area (Å²) in [6.07, 6.45) is 12.2. The van der Waals surface area contributed by atoms with Crippen molar-refractivity contribution in [1.82, 2.24) is 0 Å². The van der Waals surface area contributed by atoms with Crippen LogP contribution in [0.2, 0.25) is 0 Å². The third-order valence-corrected chi connectivity index (χ3v) is 5.07. The van der Waals surface area contributed by atoms with Gasteiger partial charge in [0.2, 0.25) is 0 Å². The molecule has 0 atom stereocenters. The standard InChI is InChI=1S/C15H24N2OS/c16-14(18)13-11-9-7-5-3-1-2-4-6-8-10-12(11)19-15(13)17/h1-10,17H2,(H2,16,18). The summed E-state index contributed by atoms with van der Waals surface area (Å²) in [6, 6.07) is 0. The van der Waals surface area contributed by atoms with E-state index >= 15 is 0 Å². The lowest BCUT2D eigenvalue weighted by Gasteiger charge is -2.08. The average molecular weight is 280 g/mol. The number of carbonyl (C=O) groups excluding carboxylic acids is 1. The van der Waals surface area contributed by atoms with Crippen LogP contribution in [-0.2, 0) is 12.8 Å². The maximum absolute atomic E-state index is 11.6. The molecule has 106 valence electrons. The molecule has 1 aliphatic carbocycles. The van der Waals surface area contributed by atoms with E-state index in [4.69, 9.17) is 11.5 Å². The number of fused-ring (bicyclic) bond motifs is 1. The summed E-state index contributed by atoms with van der Waals surface area (Å²) >= 11 is 1.57. The molecule has 4 heteroatoms. The molecule has 0 aromatic carbocycles. The SMILES string of the molecule is NC(=O)c1c(N)sc2c1CCCCCCCCCC2. The fourth-order valence-electron chi connectivity index (χ4n) is 2.92. The summed E-state index contributed by atoms with van der Waals surface area (Å²) in [4.78, 5) is 12.9. The van der Waals surface area contributed by atoms with Gasteiger partial charge in [-0.2, -0.15) is 0 Å². The van der Waals surface area contributed by atoms with Crippen LogP contribution in [0.4, 0.5) is 5.00 Å². The predicted molar refractivity (Wildman–Crippen MR) is 81.6 cm³/mol. The van der Waals surface area contributed by atoms with Crippen molar-refractivity contribution < 1.29 is 4.79 Å². The molecule has 0 unspecified atom stereocenters. The first-order valence-corrected chi connectivity index (χ1v) is 8.21. The fourth-order valence-corrected chi connectivity index (χ4v) is 4.08. The predicted octanol–water partition coefficient (Wildman–Crippen LogP) is 3.65. The Bertz CT molecular complexity index is 440. The Morgan fingerprint density at radius 1 is 0.895 bits per heavy atom. The second kappa shape index (κ2) is 6.94. The number of hydrogen-bond acceptors (Lipinski definition) is 3. The fraction of sp³-hybridized carbons (Fsp3) is 0.667. The van der Waals surface area contributed by atoms with Crippen molar-refractivity contribution in [3.8, 4) is 0 Å². The van der Waals surface area contributed by atoms with Crippen LogP contribution in [-0.4, -0.2) is 5.91 Å². The van der Waals surface area contributed by atoms with Crippen molar-refractivity contribution in [2.75, 3.05) is 5.73 Å². The number of primary amides is 1. The lowest BCUT2D eigenvalue weighted by Crippen LogP contribution is -2.14. The summed E-state index contributed by atoms with van der Waals surface area (Å²) in [6.45, 7) is 0. The maximum Gasteiger partial charge on any atom is 0.251 e. The van der Waals surface area contributed by atoms with Crippen LogP contribution in [0, 0.1) is 0 Å². The number of anilines is 1. The molecule has 1 aromatic rings. The number of thiophene rings is 1.